The molecule has 4 bridgehead atoms. The Bertz CT molecular complexity index is 347. The Labute approximate surface area is 105 Å². The van der Waals surface area contributed by atoms with Crippen LogP contribution in [0.15, 0.2) is 12.2 Å². The summed E-state index contributed by atoms with van der Waals surface area (Å²) in [6, 6.07) is 0. The molecule has 0 aromatic carbocycles. The van der Waals surface area contributed by atoms with Gasteiger partial charge < -0.3 is 4.74 Å². The summed E-state index contributed by atoms with van der Waals surface area (Å²) >= 11 is 0. The maximum absolute atomic E-state index is 6.29. The van der Waals surface area contributed by atoms with Crippen LogP contribution in [0.4, 0.5) is 0 Å². The molecule has 4 aliphatic rings. The number of hydrogen-bond acceptors (Lipinski definition) is 1. The van der Waals surface area contributed by atoms with Crippen LogP contribution in [-0.4, -0.2) is 12.2 Å². The van der Waals surface area contributed by atoms with Gasteiger partial charge in [-0.05, 0) is 68.1 Å². The SMILES string of the molecule is CCC(C)OC1CC2CC1C1C3C=CC(C3)C21. The smallest absolute Gasteiger partial charge is 0.0612 e. The van der Waals surface area contributed by atoms with Crippen molar-refractivity contribution in [3.8, 4) is 0 Å². The van der Waals surface area contributed by atoms with Crippen LogP contribution in [0.2, 0.25) is 0 Å². The summed E-state index contributed by atoms with van der Waals surface area (Å²) in [6.45, 7) is 4.48. The van der Waals surface area contributed by atoms with Crippen molar-refractivity contribution in [2.45, 2.75) is 51.7 Å². The first-order chi connectivity index (χ1) is 8.28. The van der Waals surface area contributed by atoms with E-state index in [-0.39, 0.29) is 0 Å². The van der Waals surface area contributed by atoms with Crippen molar-refractivity contribution in [3.63, 3.8) is 0 Å². The Hall–Kier alpha value is -0.300. The molecule has 0 aromatic rings. The fourth-order valence-electron chi connectivity index (χ4n) is 5.51. The molecule has 0 heterocycles. The highest BCUT2D eigenvalue weighted by Gasteiger charge is 2.61. The third kappa shape index (κ3) is 1.35. The van der Waals surface area contributed by atoms with E-state index in [9.17, 15) is 0 Å². The van der Waals surface area contributed by atoms with Crippen LogP contribution < -0.4 is 0 Å². The van der Waals surface area contributed by atoms with Crippen molar-refractivity contribution in [2.24, 2.45) is 35.5 Å². The van der Waals surface area contributed by atoms with Crippen LogP contribution >= 0.6 is 0 Å². The molecule has 0 aromatic heterocycles. The van der Waals surface area contributed by atoms with E-state index in [1.165, 1.54) is 19.3 Å². The van der Waals surface area contributed by atoms with Gasteiger partial charge in [0.05, 0.1) is 12.2 Å². The molecule has 1 nitrogen and oxygen atoms in total. The van der Waals surface area contributed by atoms with Gasteiger partial charge in [0.15, 0.2) is 0 Å². The highest BCUT2D eigenvalue weighted by molar-refractivity contribution is 5.21. The van der Waals surface area contributed by atoms with Gasteiger partial charge in [0.25, 0.3) is 0 Å². The minimum atomic E-state index is 0.465. The topological polar surface area (TPSA) is 9.23 Å². The maximum Gasteiger partial charge on any atom is 0.0612 e. The third-order valence-corrected chi connectivity index (χ3v) is 6.19. The molecule has 8 unspecified atom stereocenters. The molecule has 0 spiro atoms. The summed E-state index contributed by atoms with van der Waals surface area (Å²) in [5.74, 6) is 5.82. The molecular formula is C16H24O. The summed E-state index contributed by atoms with van der Waals surface area (Å²) < 4.78 is 6.29. The third-order valence-electron chi connectivity index (χ3n) is 6.19. The summed E-state index contributed by atoms with van der Waals surface area (Å²) in [5, 5.41) is 0. The maximum atomic E-state index is 6.29. The van der Waals surface area contributed by atoms with E-state index >= 15 is 0 Å². The number of ether oxygens (including phenoxy) is 1. The predicted molar refractivity (Wildman–Crippen MR) is 68.6 cm³/mol. The van der Waals surface area contributed by atoms with E-state index in [1.54, 1.807) is 0 Å². The Balaban J connectivity index is 1.53. The number of fused-ring (bicyclic) bond motifs is 9. The normalized spacial score (nSPS) is 55.5. The number of allylic oxidation sites excluding steroid dienone is 2. The lowest BCUT2D eigenvalue weighted by Gasteiger charge is -2.37. The van der Waals surface area contributed by atoms with E-state index in [2.05, 4.69) is 26.0 Å². The van der Waals surface area contributed by atoms with Gasteiger partial charge in [0, 0.05) is 0 Å². The molecule has 0 saturated heterocycles. The minimum absolute atomic E-state index is 0.465. The van der Waals surface area contributed by atoms with Gasteiger partial charge in [-0.2, -0.15) is 0 Å². The summed E-state index contributed by atoms with van der Waals surface area (Å²) in [4.78, 5) is 0. The van der Waals surface area contributed by atoms with Gasteiger partial charge in [-0.1, -0.05) is 19.1 Å². The molecule has 3 fully saturated rings. The first-order valence-electron chi connectivity index (χ1n) is 7.61. The van der Waals surface area contributed by atoms with E-state index in [4.69, 9.17) is 4.74 Å². The lowest BCUT2D eigenvalue weighted by molar-refractivity contribution is -0.0571. The monoisotopic (exact) mass is 232 g/mol. The first kappa shape index (κ1) is 10.6. The lowest BCUT2D eigenvalue weighted by atomic mass is 9.72. The fraction of sp³-hybridized carbons (Fsp3) is 0.875. The minimum Gasteiger partial charge on any atom is -0.375 e. The van der Waals surface area contributed by atoms with Crippen LogP contribution in [0, 0.1) is 35.5 Å². The van der Waals surface area contributed by atoms with Gasteiger partial charge in [0.2, 0.25) is 0 Å². The lowest BCUT2D eigenvalue weighted by Crippen LogP contribution is -2.36. The van der Waals surface area contributed by atoms with E-state index in [1.807, 2.05) is 0 Å². The molecule has 94 valence electrons. The largest absolute Gasteiger partial charge is 0.375 e. The van der Waals surface area contributed by atoms with Gasteiger partial charge in [-0.25, -0.2) is 0 Å². The average Bonchev–Trinajstić information content (AvgIpc) is 3.06. The zero-order valence-electron chi connectivity index (χ0n) is 11.0. The van der Waals surface area contributed by atoms with Crippen LogP contribution in [0.1, 0.15) is 39.5 Å². The second-order valence-corrected chi connectivity index (χ2v) is 6.89. The summed E-state index contributed by atoms with van der Waals surface area (Å²) in [5.41, 5.74) is 0. The number of rotatable bonds is 3. The molecule has 1 heteroatoms. The molecule has 0 N–H and O–H groups in total. The second kappa shape index (κ2) is 3.60. The van der Waals surface area contributed by atoms with E-state index < -0.39 is 0 Å². The van der Waals surface area contributed by atoms with Crippen molar-refractivity contribution in [1.82, 2.24) is 0 Å². The average molecular weight is 232 g/mol. The molecule has 4 rings (SSSR count). The summed E-state index contributed by atoms with van der Waals surface area (Å²) in [6.07, 6.45) is 11.6. The van der Waals surface area contributed by atoms with Crippen LogP contribution in [-0.2, 0) is 4.74 Å². The highest BCUT2D eigenvalue weighted by atomic mass is 16.5. The molecule has 17 heavy (non-hydrogen) atoms. The molecule has 0 radical (unpaired) electrons. The first-order valence-corrected chi connectivity index (χ1v) is 7.61. The zero-order chi connectivity index (χ0) is 11.6. The standard InChI is InChI=1S/C16H24O/c1-3-9(2)17-14-8-12-7-13(14)16-11-5-4-10(6-11)15(12)16/h4-5,9-16H,3,6-8H2,1-2H3. The molecule has 4 aliphatic carbocycles. The molecule has 8 atom stereocenters. The van der Waals surface area contributed by atoms with Gasteiger partial charge in [-0.15, -0.1) is 0 Å². The number of hydrogen-bond donors (Lipinski definition) is 0. The van der Waals surface area contributed by atoms with E-state index in [0.29, 0.717) is 12.2 Å². The van der Waals surface area contributed by atoms with Gasteiger partial charge in [-0.3, -0.25) is 0 Å². The van der Waals surface area contributed by atoms with Gasteiger partial charge in [0.1, 0.15) is 0 Å². The van der Waals surface area contributed by atoms with Crippen molar-refractivity contribution < 1.29 is 4.74 Å². The molecular weight excluding hydrogens is 208 g/mol. The van der Waals surface area contributed by atoms with E-state index in [0.717, 1.165) is 41.9 Å². The van der Waals surface area contributed by atoms with Crippen molar-refractivity contribution in [2.75, 3.05) is 0 Å². The van der Waals surface area contributed by atoms with Crippen molar-refractivity contribution in [1.29, 1.82) is 0 Å². The van der Waals surface area contributed by atoms with Crippen LogP contribution in [0.25, 0.3) is 0 Å². The highest BCUT2D eigenvalue weighted by Crippen LogP contribution is 2.65. The quantitative estimate of drug-likeness (QED) is 0.533. The second-order valence-electron chi connectivity index (χ2n) is 6.89. The Morgan fingerprint density at radius 1 is 1.12 bits per heavy atom. The molecule has 0 aliphatic heterocycles. The molecule has 3 saturated carbocycles. The molecule has 0 amide bonds. The van der Waals surface area contributed by atoms with Gasteiger partial charge >= 0.3 is 0 Å². The zero-order valence-corrected chi connectivity index (χ0v) is 11.0. The summed E-state index contributed by atoms with van der Waals surface area (Å²) in [7, 11) is 0. The van der Waals surface area contributed by atoms with Crippen molar-refractivity contribution in [3.05, 3.63) is 12.2 Å². The van der Waals surface area contributed by atoms with Crippen LogP contribution in [0.3, 0.4) is 0 Å². The Kier molecular flexibility index (Phi) is 2.25. The van der Waals surface area contributed by atoms with Crippen molar-refractivity contribution >= 4 is 0 Å². The van der Waals surface area contributed by atoms with Crippen LogP contribution in [0.5, 0.6) is 0 Å². The Morgan fingerprint density at radius 3 is 2.65 bits per heavy atom. The fourth-order valence-corrected chi connectivity index (χ4v) is 5.51. The predicted octanol–water partition coefficient (Wildman–Crippen LogP) is 3.65. The Morgan fingerprint density at radius 2 is 1.88 bits per heavy atom.